The van der Waals surface area contributed by atoms with Gasteiger partial charge < -0.3 is 19.9 Å². The van der Waals surface area contributed by atoms with Gasteiger partial charge in [0, 0.05) is 0 Å². The maximum absolute atomic E-state index is 12.4. The zero-order valence-corrected chi connectivity index (χ0v) is 18.4. The number of methoxy groups -OCH3 is 1. The molecule has 0 saturated carbocycles. The standard InChI is InChI=1S/C23H24N2O5S/c1-4-5-10-30-18-9-7-15(11-19(18)29-3)12-20-21(26)25-23(31-20)24-17-13-16(22(27)28)8-6-14(17)2/h6-9,11-13H,4-5,10H2,1-3H3,(H,27,28)(H,24,25,26)/b20-12-. The van der Waals surface area contributed by atoms with Crippen molar-refractivity contribution in [2.45, 2.75) is 26.7 Å². The minimum atomic E-state index is -1.03. The number of unbranched alkanes of at least 4 members (excludes halogenated alkanes) is 1. The fourth-order valence-electron chi connectivity index (χ4n) is 2.82. The van der Waals surface area contributed by atoms with Gasteiger partial charge in [-0.05, 0) is 66.6 Å². The van der Waals surface area contributed by atoms with Crippen molar-refractivity contribution in [3.63, 3.8) is 0 Å². The number of aromatic carboxylic acids is 1. The van der Waals surface area contributed by atoms with Crippen LogP contribution < -0.4 is 14.8 Å². The van der Waals surface area contributed by atoms with Gasteiger partial charge in [-0.3, -0.25) is 4.79 Å². The normalized spacial score (nSPS) is 15.9. The van der Waals surface area contributed by atoms with E-state index in [1.807, 2.05) is 25.1 Å². The van der Waals surface area contributed by atoms with Gasteiger partial charge in [-0.2, -0.15) is 0 Å². The summed E-state index contributed by atoms with van der Waals surface area (Å²) in [5.41, 5.74) is 2.25. The molecule has 0 atom stereocenters. The molecule has 2 aromatic rings. The number of carboxylic acid groups (broad SMARTS) is 1. The van der Waals surface area contributed by atoms with Crippen LogP contribution in [0.5, 0.6) is 11.5 Å². The largest absolute Gasteiger partial charge is 0.493 e. The summed E-state index contributed by atoms with van der Waals surface area (Å²) in [6.07, 6.45) is 3.76. The Labute approximate surface area is 185 Å². The van der Waals surface area contributed by atoms with Crippen molar-refractivity contribution in [3.8, 4) is 11.5 Å². The molecule has 8 heteroatoms. The van der Waals surface area contributed by atoms with E-state index in [9.17, 15) is 14.7 Å². The number of ether oxygens (including phenoxy) is 2. The molecule has 1 fully saturated rings. The number of hydrogen-bond donors (Lipinski definition) is 2. The molecule has 2 N–H and O–H groups in total. The van der Waals surface area contributed by atoms with Crippen LogP contribution in [0.25, 0.3) is 6.08 Å². The van der Waals surface area contributed by atoms with Crippen molar-refractivity contribution in [1.29, 1.82) is 0 Å². The molecule has 0 bridgehead atoms. The number of hydrogen-bond acceptors (Lipinski definition) is 6. The zero-order valence-electron chi connectivity index (χ0n) is 17.6. The van der Waals surface area contributed by atoms with E-state index < -0.39 is 5.97 Å². The van der Waals surface area contributed by atoms with E-state index in [1.165, 1.54) is 23.9 Å². The number of carbonyl (C=O) groups excluding carboxylic acids is 1. The van der Waals surface area contributed by atoms with Crippen LogP contribution in [0.3, 0.4) is 0 Å². The van der Waals surface area contributed by atoms with E-state index in [2.05, 4.69) is 17.2 Å². The molecule has 7 nitrogen and oxygen atoms in total. The van der Waals surface area contributed by atoms with Crippen LogP contribution in [0, 0.1) is 6.92 Å². The number of benzene rings is 2. The molecule has 1 saturated heterocycles. The number of rotatable bonds is 8. The molecule has 0 spiro atoms. The fourth-order valence-corrected chi connectivity index (χ4v) is 3.66. The average molecular weight is 441 g/mol. The van der Waals surface area contributed by atoms with Gasteiger partial charge >= 0.3 is 5.97 Å². The van der Waals surface area contributed by atoms with Crippen LogP contribution in [-0.2, 0) is 4.79 Å². The molecule has 0 aliphatic carbocycles. The number of amidine groups is 1. The summed E-state index contributed by atoms with van der Waals surface area (Å²) in [4.78, 5) is 28.5. The summed E-state index contributed by atoms with van der Waals surface area (Å²) in [6.45, 7) is 4.55. The third-order valence-electron chi connectivity index (χ3n) is 4.57. The Kier molecular flexibility index (Phi) is 7.36. The highest BCUT2D eigenvalue weighted by Gasteiger charge is 2.24. The Bertz CT molecular complexity index is 1060. The molecule has 0 unspecified atom stereocenters. The fraction of sp³-hybridized carbons (Fsp3) is 0.261. The first-order chi connectivity index (χ1) is 14.9. The van der Waals surface area contributed by atoms with Gasteiger partial charge in [0.05, 0.1) is 29.9 Å². The van der Waals surface area contributed by atoms with E-state index in [0.717, 1.165) is 24.0 Å². The maximum atomic E-state index is 12.4. The van der Waals surface area contributed by atoms with Gasteiger partial charge in [-0.1, -0.05) is 25.5 Å². The topological polar surface area (TPSA) is 97.2 Å². The van der Waals surface area contributed by atoms with Crippen molar-refractivity contribution in [2.24, 2.45) is 4.99 Å². The molecule has 1 heterocycles. The zero-order chi connectivity index (χ0) is 22.4. The maximum Gasteiger partial charge on any atom is 0.335 e. The van der Waals surface area contributed by atoms with Crippen LogP contribution in [-0.4, -0.2) is 35.9 Å². The SMILES string of the molecule is CCCCOc1ccc(/C=C2\SC(=Nc3cc(C(=O)O)ccc3C)NC2=O)cc1OC. The Morgan fingerprint density at radius 3 is 2.74 bits per heavy atom. The molecule has 1 amide bonds. The molecular formula is C23H24N2O5S. The summed E-state index contributed by atoms with van der Waals surface area (Å²) in [5.74, 6) is -0.0271. The number of aliphatic imine (C=N–C) groups is 1. The van der Waals surface area contributed by atoms with Crippen molar-refractivity contribution in [1.82, 2.24) is 5.32 Å². The van der Waals surface area contributed by atoms with Gasteiger partial charge in [-0.15, -0.1) is 0 Å². The number of carbonyl (C=O) groups is 2. The summed E-state index contributed by atoms with van der Waals surface area (Å²) in [7, 11) is 1.58. The molecular weight excluding hydrogens is 416 g/mol. The number of carboxylic acids is 1. The Morgan fingerprint density at radius 2 is 2.03 bits per heavy atom. The quantitative estimate of drug-likeness (QED) is 0.453. The van der Waals surface area contributed by atoms with Gasteiger partial charge in [-0.25, -0.2) is 9.79 Å². The molecule has 0 aromatic heterocycles. The van der Waals surface area contributed by atoms with Crippen LogP contribution in [0.15, 0.2) is 46.3 Å². The van der Waals surface area contributed by atoms with Crippen LogP contribution in [0.2, 0.25) is 0 Å². The minimum Gasteiger partial charge on any atom is -0.493 e. The molecule has 162 valence electrons. The highest BCUT2D eigenvalue weighted by atomic mass is 32.2. The molecule has 3 rings (SSSR count). The second-order valence-electron chi connectivity index (χ2n) is 6.90. The average Bonchev–Trinajstić information content (AvgIpc) is 3.09. The molecule has 1 aliphatic rings. The Balaban J connectivity index is 1.81. The number of thioether (sulfide) groups is 1. The minimum absolute atomic E-state index is 0.142. The van der Waals surface area contributed by atoms with Gasteiger partial charge in [0.2, 0.25) is 0 Å². The van der Waals surface area contributed by atoms with E-state index >= 15 is 0 Å². The Morgan fingerprint density at radius 1 is 1.23 bits per heavy atom. The summed E-state index contributed by atoms with van der Waals surface area (Å²) in [6, 6.07) is 10.2. The predicted octanol–water partition coefficient (Wildman–Crippen LogP) is 4.77. The lowest BCUT2D eigenvalue weighted by atomic mass is 10.1. The van der Waals surface area contributed by atoms with Crippen LogP contribution in [0.4, 0.5) is 5.69 Å². The third-order valence-corrected chi connectivity index (χ3v) is 5.48. The molecule has 0 radical (unpaired) electrons. The molecule has 2 aromatic carbocycles. The highest BCUT2D eigenvalue weighted by molar-refractivity contribution is 8.18. The van der Waals surface area contributed by atoms with E-state index in [0.29, 0.717) is 33.9 Å². The number of amides is 1. The number of nitrogens with zero attached hydrogens (tertiary/aromatic N) is 1. The van der Waals surface area contributed by atoms with E-state index in [-0.39, 0.29) is 11.5 Å². The third kappa shape index (κ3) is 5.67. The molecule has 1 aliphatic heterocycles. The molecule has 31 heavy (non-hydrogen) atoms. The first kappa shape index (κ1) is 22.4. The monoisotopic (exact) mass is 440 g/mol. The summed E-state index contributed by atoms with van der Waals surface area (Å²) >= 11 is 1.20. The van der Waals surface area contributed by atoms with Gasteiger partial charge in [0.1, 0.15) is 0 Å². The first-order valence-corrected chi connectivity index (χ1v) is 10.7. The highest BCUT2D eigenvalue weighted by Crippen LogP contribution is 2.33. The second-order valence-corrected chi connectivity index (χ2v) is 7.93. The lowest BCUT2D eigenvalue weighted by molar-refractivity contribution is -0.115. The Hall–Kier alpha value is -3.26. The van der Waals surface area contributed by atoms with E-state index in [1.54, 1.807) is 19.3 Å². The van der Waals surface area contributed by atoms with Crippen LogP contribution in [0.1, 0.15) is 41.3 Å². The summed E-state index contributed by atoms with van der Waals surface area (Å²) in [5, 5.41) is 12.3. The summed E-state index contributed by atoms with van der Waals surface area (Å²) < 4.78 is 11.2. The van der Waals surface area contributed by atoms with Crippen molar-refractivity contribution >= 4 is 40.6 Å². The van der Waals surface area contributed by atoms with Gasteiger partial charge in [0.15, 0.2) is 16.7 Å². The van der Waals surface area contributed by atoms with E-state index in [4.69, 9.17) is 9.47 Å². The van der Waals surface area contributed by atoms with Gasteiger partial charge in [0.25, 0.3) is 5.91 Å². The predicted molar refractivity (Wildman–Crippen MR) is 122 cm³/mol. The van der Waals surface area contributed by atoms with Crippen molar-refractivity contribution in [3.05, 3.63) is 58.0 Å². The smallest absolute Gasteiger partial charge is 0.335 e. The van der Waals surface area contributed by atoms with Crippen LogP contribution >= 0.6 is 11.8 Å². The first-order valence-electron chi connectivity index (χ1n) is 9.85. The lowest BCUT2D eigenvalue weighted by Gasteiger charge is -2.11. The second kappa shape index (κ2) is 10.2. The lowest BCUT2D eigenvalue weighted by Crippen LogP contribution is -2.19. The number of aryl methyl sites for hydroxylation is 1. The van der Waals surface area contributed by atoms with Crippen molar-refractivity contribution in [2.75, 3.05) is 13.7 Å². The number of nitrogens with one attached hydrogen (secondary N) is 1. The van der Waals surface area contributed by atoms with Crippen molar-refractivity contribution < 1.29 is 24.2 Å².